The Morgan fingerprint density at radius 3 is 2.66 bits per heavy atom. The minimum Gasteiger partial charge on any atom is -1.00 e. The number of halogens is 1. The molecule has 0 aliphatic carbocycles. The second-order valence-electron chi connectivity index (χ2n) is 11.0. The van der Waals surface area contributed by atoms with E-state index < -0.39 is 42.1 Å². The summed E-state index contributed by atoms with van der Waals surface area (Å²) in [4.78, 5) is 22.5. The Morgan fingerprint density at radius 2 is 1.98 bits per heavy atom. The van der Waals surface area contributed by atoms with Crippen LogP contribution in [0.3, 0.4) is 0 Å². The van der Waals surface area contributed by atoms with Crippen molar-refractivity contribution in [2.45, 2.75) is 58.5 Å². The predicted molar refractivity (Wildman–Crippen MR) is 158 cm³/mol. The zero-order chi connectivity index (χ0) is 31.4. The Morgan fingerprint density at radius 1 is 1.23 bits per heavy atom. The Balaban J connectivity index is 0.00000353. The molecule has 0 spiro atoms. The van der Waals surface area contributed by atoms with E-state index >= 15 is 4.39 Å². The van der Waals surface area contributed by atoms with E-state index in [1.165, 1.54) is 28.9 Å². The van der Waals surface area contributed by atoms with Crippen LogP contribution in [0.2, 0.25) is 25.7 Å². The SMILES string of the molecule is CNS(=O)(=O)Nc1nccc(CN2C(=O)Oc3cc(Oc4nc(COC)nn4COCC[Si](C)(C)C)ccc3C2C)c1F.[H-].[K+]. The molecule has 0 saturated heterocycles. The van der Waals surface area contributed by atoms with Gasteiger partial charge in [-0.25, -0.2) is 18.9 Å². The van der Waals surface area contributed by atoms with Gasteiger partial charge in [-0.05, 0) is 31.2 Å². The number of carbonyl (C=O) groups is 1. The third-order valence-electron chi connectivity index (χ3n) is 6.52. The zero-order valence-electron chi connectivity index (χ0n) is 26.9. The molecule has 14 nitrogen and oxygen atoms in total. The van der Waals surface area contributed by atoms with Crippen molar-refractivity contribution in [2.75, 3.05) is 25.5 Å². The van der Waals surface area contributed by atoms with E-state index in [0.717, 1.165) is 6.04 Å². The third kappa shape index (κ3) is 9.50. The van der Waals surface area contributed by atoms with Gasteiger partial charge in [-0.15, -0.1) is 5.10 Å². The summed E-state index contributed by atoms with van der Waals surface area (Å²) in [6, 6.07) is 7.05. The Labute approximate surface area is 301 Å². The predicted octanol–water partition coefficient (Wildman–Crippen LogP) is 1.13. The number of rotatable bonds is 14. The van der Waals surface area contributed by atoms with E-state index in [9.17, 15) is 13.2 Å². The first-order valence-corrected chi connectivity index (χ1v) is 18.6. The van der Waals surface area contributed by atoms with Crippen molar-refractivity contribution in [3.8, 4) is 17.5 Å². The van der Waals surface area contributed by atoms with Crippen molar-refractivity contribution in [1.29, 1.82) is 0 Å². The first-order valence-electron chi connectivity index (χ1n) is 13.5. The maximum absolute atomic E-state index is 15.1. The van der Waals surface area contributed by atoms with Crippen molar-refractivity contribution < 1.29 is 89.4 Å². The molecule has 0 radical (unpaired) electrons. The van der Waals surface area contributed by atoms with Gasteiger partial charge >= 0.3 is 63.5 Å². The van der Waals surface area contributed by atoms with Gasteiger partial charge in [-0.1, -0.05) is 19.6 Å². The molecule has 18 heteroatoms. The summed E-state index contributed by atoms with van der Waals surface area (Å²) < 4.78 is 66.8. The molecule has 1 amide bonds. The molecule has 1 aliphatic rings. The molecule has 0 fully saturated rings. The van der Waals surface area contributed by atoms with Crippen molar-refractivity contribution in [3.05, 3.63) is 53.2 Å². The van der Waals surface area contributed by atoms with Crippen molar-refractivity contribution >= 4 is 30.2 Å². The van der Waals surface area contributed by atoms with Gasteiger partial charge in [0, 0.05) is 52.2 Å². The molecule has 236 valence electrons. The molecule has 1 unspecified atom stereocenters. The van der Waals surface area contributed by atoms with Gasteiger partial charge in [0.15, 0.2) is 17.5 Å². The number of carbonyl (C=O) groups excluding carboxylic acids is 1. The zero-order valence-corrected chi connectivity index (χ0v) is 30.8. The van der Waals surface area contributed by atoms with E-state index in [1.54, 1.807) is 32.2 Å². The van der Waals surface area contributed by atoms with E-state index in [1.807, 2.05) is 9.44 Å². The molecule has 0 bridgehead atoms. The smallest absolute Gasteiger partial charge is 1.00 e. The summed E-state index contributed by atoms with van der Waals surface area (Å²) in [7, 11) is -2.53. The van der Waals surface area contributed by atoms with Gasteiger partial charge in [-0.2, -0.15) is 18.1 Å². The fourth-order valence-corrected chi connectivity index (χ4v) is 5.34. The average Bonchev–Trinajstić information content (AvgIpc) is 3.31. The third-order valence-corrected chi connectivity index (χ3v) is 9.22. The standard InChI is InChI=1S/C26H36FN7O7SSi.K.H/c1-17-20-8-7-19(40-25-30-22(15-38-3)31-34(25)16-39-11-12-43(4,5)6)13-21(20)41-26(35)33(17)14-18-9-10-29-24(23(18)27)32-42(36,37)28-2;;/h7-10,13,17,28H,11-12,14-16H2,1-6H3,(H,29,32);;/q;+1;-1. The number of benzene rings is 1. The number of hydrogen-bond donors (Lipinski definition) is 2. The fraction of sp³-hybridized carbons (Fsp3) is 0.462. The number of fused-ring (bicyclic) bond motifs is 1. The normalized spacial score (nSPS) is 14.9. The first-order chi connectivity index (χ1) is 20.3. The van der Waals surface area contributed by atoms with Crippen LogP contribution >= 0.6 is 0 Å². The number of hydrogen-bond acceptors (Lipinski definition) is 10. The number of nitrogens with zero attached hydrogens (tertiary/aromatic N) is 5. The number of ether oxygens (including phenoxy) is 4. The van der Waals surface area contributed by atoms with Crippen LogP contribution in [-0.2, 0) is 39.6 Å². The number of pyridine rings is 1. The summed E-state index contributed by atoms with van der Waals surface area (Å²) in [5.74, 6) is -0.343. The van der Waals surface area contributed by atoms with Crippen molar-refractivity contribution in [1.82, 2.24) is 29.4 Å². The average molecular weight is 678 g/mol. The van der Waals surface area contributed by atoms with Crippen LogP contribution in [0.25, 0.3) is 0 Å². The maximum atomic E-state index is 15.1. The molecule has 1 aliphatic heterocycles. The molecular formula is C26H37FKN7O7SSi. The molecular weight excluding hydrogens is 641 g/mol. The second-order valence-corrected chi connectivity index (χ2v) is 18.2. The largest absolute Gasteiger partial charge is 1.00 e. The molecule has 1 aromatic carbocycles. The summed E-state index contributed by atoms with van der Waals surface area (Å²) in [6.07, 6.45) is 0.532. The Bertz CT molecular complexity index is 1580. The van der Waals surface area contributed by atoms with E-state index in [-0.39, 0.29) is 90.0 Å². The number of amides is 1. The van der Waals surface area contributed by atoms with E-state index in [0.29, 0.717) is 23.7 Å². The van der Waals surface area contributed by atoms with E-state index in [4.69, 9.17) is 18.9 Å². The quantitative estimate of drug-likeness (QED) is 0.187. The monoisotopic (exact) mass is 677 g/mol. The number of anilines is 1. The molecule has 2 aromatic heterocycles. The number of aromatic nitrogens is 4. The van der Waals surface area contributed by atoms with Gasteiger partial charge in [0.1, 0.15) is 24.8 Å². The molecule has 2 N–H and O–H groups in total. The first kappa shape index (κ1) is 36.5. The maximum Gasteiger partial charge on any atom is 1.00 e. The van der Waals surface area contributed by atoms with Crippen LogP contribution in [0.4, 0.5) is 15.0 Å². The molecule has 44 heavy (non-hydrogen) atoms. The number of nitrogens with one attached hydrogen (secondary N) is 2. The van der Waals surface area contributed by atoms with Crippen molar-refractivity contribution in [3.63, 3.8) is 0 Å². The minimum absolute atomic E-state index is 0. The van der Waals surface area contributed by atoms with Crippen LogP contribution in [0, 0.1) is 5.82 Å². The second kappa shape index (κ2) is 15.5. The van der Waals surface area contributed by atoms with Crippen LogP contribution in [0.15, 0.2) is 30.5 Å². The summed E-state index contributed by atoms with van der Waals surface area (Å²) in [5.41, 5.74) is 0.711. The molecule has 4 rings (SSSR count). The van der Waals surface area contributed by atoms with Crippen LogP contribution in [-0.4, -0.2) is 68.0 Å². The van der Waals surface area contributed by atoms with E-state index in [2.05, 4.69) is 34.7 Å². The Kier molecular flexibility index (Phi) is 12.9. The molecule has 0 saturated carbocycles. The minimum atomic E-state index is -3.99. The number of methoxy groups -OCH3 is 1. The van der Waals surface area contributed by atoms with Gasteiger partial charge < -0.3 is 20.4 Å². The van der Waals surface area contributed by atoms with Crippen LogP contribution in [0.1, 0.15) is 31.3 Å². The summed E-state index contributed by atoms with van der Waals surface area (Å²) in [5, 5.41) is 4.40. The summed E-state index contributed by atoms with van der Waals surface area (Å²) >= 11 is 0. The van der Waals surface area contributed by atoms with Gasteiger partial charge in [0.05, 0.1) is 12.6 Å². The van der Waals surface area contributed by atoms with Gasteiger partial charge in [0.2, 0.25) is 0 Å². The topological polar surface area (TPSA) is 159 Å². The van der Waals surface area contributed by atoms with Gasteiger partial charge in [-0.3, -0.25) is 9.62 Å². The summed E-state index contributed by atoms with van der Waals surface area (Å²) in [6.45, 7) is 9.32. The van der Waals surface area contributed by atoms with Crippen LogP contribution < -0.4 is 70.3 Å². The van der Waals surface area contributed by atoms with Gasteiger partial charge in [0.25, 0.3) is 10.2 Å². The Hall–Kier alpha value is -2.01. The fourth-order valence-electron chi connectivity index (χ4n) is 4.09. The molecule has 3 aromatic rings. The molecule has 3 heterocycles. The van der Waals surface area contributed by atoms with Crippen molar-refractivity contribution in [2.24, 2.45) is 0 Å². The van der Waals surface area contributed by atoms with Crippen LogP contribution in [0.5, 0.6) is 17.5 Å². The molecule has 1 atom stereocenters.